The Balaban J connectivity index is 1.40. The largest absolute Gasteiger partial charge is 0.497 e. The van der Waals surface area contributed by atoms with Crippen LogP contribution in [0.5, 0.6) is 5.75 Å². The Morgan fingerprint density at radius 1 is 1.10 bits per heavy atom. The van der Waals surface area contributed by atoms with Gasteiger partial charge < -0.3 is 29.5 Å². The van der Waals surface area contributed by atoms with Gasteiger partial charge in [0.25, 0.3) is 0 Å². The summed E-state index contributed by atoms with van der Waals surface area (Å²) in [6.07, 6.45) is 0.425. The molecule has 4 rings (SSSR count). The average Bonchev–Trinajstić information content (AvgIpc) is 2.77. The summed E-state index contributed by atoms with van der Waals surface area (Å²) in [7, 11) is 1.60. The molecule has 3 aliphatic heterocycles. The van der Waals surface area contributed by atoms with Crippen molar-refractivity contribution >= 4 is 17.8 Å². The molecule has 3 aliphatic rings. The lowest BCUT2D eigenvalue weighted by Crippen LogP contribution is -2.70. The lowest BCUT2D eigenvalue weighted by Gasteiger charge is -2.46. The number of morpholine rings is 1. The average molecular weight is 402 g/mol. The SMILES string of the molecule is COc1ccc(C[C@@H]2NC(=O)[C@H]3CN(C(=O)N4CCOCC4)CCN3C2=O)cc1. The number of nitrogens with one attached hydrogen (secondary N) is 1. The minimum Gasteiger partial charge on any atom is -0.497 e. The summed E-state index contributed by atoms with van der Waals surface area (Å²) >= 11 is 0. The van der Waals surface area contributed by atoms with Gasteiger partial charge in [0.15, 0.2) is 0 Å². The summed E-state index contributed by atoms with van der Waals surface area (Å²) < 4.78 is 10.4. The van der Waals surface area contributed by atoms with Gasteiger partial charge in [0.1, 0.15) is 17.8 Å². The van der Waals surface area contributed by atoms with Crippen LogP contribution >= 0.6 is 0 Å². The summed E-state index contributed by atoms with van der Waals surface area (Å²) in [5.74, 6) is 0.445. The molecule has 0 spiro atoms. The number of urea groups is 1. The maximum atomic E-state index is 13.0. The lowest BCUT2D eigenvalue weighted by atomic mass is 9.98. The highest BCUT2D eigenvalue weighted by Gasteiger charge is 2.44. The maximum absolute atomic E-state index is 13.0. The highest BCUT2D eigenvalue weighted by molar-refractivity contribution is 5.97. The molecule has 1 aromatic carbocycles. The number of carbonyl (C=O) groups excluding carboxylic acids is 3. The van der Waals surface area contributed by atoms with E-state index in [1.807, 2.05) is 24.3 Å². The molecule has 9 nitrogen and oxygen atoms in total. The van der Waals surface area contributed by atoms with Crippen molar-refractivity contribution in [3.8, 4) is 5.75 Å². The second-order valence-corrected chi connectivity index (χ2v) is 7.49. The molecule has 9 heteroatoms. The highest BCUT2D eigenvalue weighted by atomic mass is 16.5. The van der Waals surface area contributed by atoms with Crippen molar-refractivity contribution in [3.63, 3.8) is 0 Å². The van der Waals surface area contributed by atoms with Crippen molar-refractivity contribution < 1.29 is 23.9 Å². The second kappa shape index (κ2) is 8.28. The van der Waals surface area contributed by atoms with E-state index in [0.717, 1.165) is 11.3 Å². The van der Waals surface area contributed by atoms with Crippen molar-refractivity contribution in [2.24, 2.45) is 0 Å². The summed E-state index contributed by atoms with van der Waals surface area (Å²) in [6.45, 7) is 3.19. The quantitative estimate of drug-likeness (QED) is 0.750. The van der Waals surface area contributed by atoms with E-state index in [-0.39, 0.29) is 24.4 Å². The van der Waals surface area contributed by atoms with Crippen LogP contribution in [0.1, 0.15) is 5.56 Å². The number of benzene rings is 1. The first-order valence-electron chi connectivity index (χ1n) is 9.92. The number of ether oxygens (including phenoxy) is 2. The summed E-state index contributed by atoms with van der Waals surface area (Å²) in [6, 6.07) is 6.15. The van der Waals surface area contributed by atoms with Crippen molar-refractivity contribution in [1.82, 2.24) is 20.0 Å². The minimum atomic E-state index is -0.631. The molecule has 0 saturated carbocycles. The van der Waals surface area contributed by atoms with Crippen molar-refractivity contribution in [3.05, 3.63) is 29.8 Å². The van der Waals surface area contributed by atoms with Gasteiger partial charge >= 0.3 is 6.03 Å². The summed E-state index contributed by atoms with van der Waals surface area (Å²) in [5.41, 5.74) is 0.948. The monoisotopic (exact) mass is 402 g/mol. The molecular weight excluding hydrogens is 376 g/mol. The molecule has 0 radical (unpaired) electrons. The van der Waals surface area contributed by atoms with Gasteiger partial charge in [0.05, 0.1) is 26.9 Å². The Bertz CT molecular complexity index is 778. The number of amides is 4. The molecule has 3 heterocycles. The van der Waals surface area contributed by atoms with Crippen LogP contribution in [-0.2, 0) is 20.7 Å². The van der Waals surface area contributed by atoms with Crippen LogP contribution < -0.4 is 10.1 Å². The van der Waals surface area contributed by atoms with Crippen LogP contribution in [0.4, 0.5) is 4.79 Å². The van der Waals surface area contributed by atoms with Gasteiger partial charge in [-0.15, -0.1) is 0 Å². The van der Waals surface area contributed by atoms with Gasteiger partial charge in [0, 0.05) is 32.6 Å². The fourth-order valence-electron chi connectivity index (χ4n) is 4.06. The standard InChI is InChI=1S/C20H26N4O5/c1-28-15-4-2-14(3-5-15)12-16-19(26)24-7-6-23(13-17(24)18(25)21-16)20(27)22-8-10-29-11-9-22/h2-5,16-17H,6-13H2,1H3,(H,21,25)/t16-,17+/m0/s1. The van der Waals surface area contributed by atoms with Gasteiger partial charge in [0.2, 0.25) is 11.8 Å². The Kier molecular flexibility index (Phi) is 5.57. The molecule has 0 aromatic heterocycles. The van der Waals surface area contributed by atoms with Gasteiger partial charge in [-0.25, -0.2) is 4.79 Å². The second-order valence-electron chi connectivity index (χ2n) is 7.49. The highest BCUT2D eigenvalue weighted by Crippen LogP contribution is 2.20. The first kappa shape index (κ1) is 19.5. The molecule has 3 fully saturated rings. The van der Waals surface area contributed by atoms with E-state index in [4.69, 9.17) is 9.47 Å². The van der Waals surface area contributed by atoms with Crippen molar-refractivity contribution in [2.45, 2.75) is 18.5 Å². The molecule has 1 N–H and O–H groups in total. The third kappa shape index (κ3) is 4.00. The Morgan fingerprint density at radius 3 is 2.52 bits per heavy atom. The number of hydrogen-bond donors (Lipinski definition) is 1. The van der Waals surface area contributed by atoms with Gasteiger partial charge in [-0.2, -0.15) is 0 Å². The number of piperazine rings is 2. The van der Waals surface area contributed by atoms with Crippen molar-refractivity contribution in [2.75, 3.05) is 53.0 Å². The van der Waals surface area contributed by atoms with Gasteiger partial charge in [-0.3, -0.25) is 9.59 Å². The Morgan fingerprint density at radius 2 is 1.83 bits per heavy atom. The molecule has 0 bridgehead atoms. The number of nitrogens with zero attached hydrogens (tertiary/aromatic N) is 3. The van der Waals surface area contributed by atoms with E-state index in [1.54, 1.807) is 21.8 Å². The third-order valence-corrected chi connectivity index (χ3v) is 5.73. The topological polar surface area (TPSA) is 91.4 Å². The lowest BCUT2D eigenvalue weighted by molar-refractivity contribution is -0.152. The molecule has 2 atom stereocenters. The molecule has 3 saturated heterocycles. The minimum absolute atomic E-state index is 0.0893. The van der Waals surface area contributed by atoms with Crippen molar-refractivity contribution in [1.29, 1.82) is 0 Å². The normalized spacial score (nSPS) is 24.8. The van der Waals surface area contributed by atoms with E-state index in [9.17, 15) is 14.4 Å². The van der Waals surface area contributed by atoms with E-state index < -0.39 is 12.1 Å². The Hall–Kier alpha value is -2.81. The molecule has 0 aliphatic carbocycles. The predicted molar refractivity (Wildman–Crippen MR) is 103 cm³/mol. The van der Waals surface area contributed by atoms with E-state index in [2.05, 4.69) is 5.32 Å². The zero-order valence-electron chi connectivity index (χ0n) is 16.5. The smallest absolute Gasteiger partial charge is 0.320 e. The van der Waals surface area contributed by atoms with Crippen LogP contribution in [0, 0.1) is 0 Å². The molecule has 29 heavy (non-hydrogen) atoms. The molecule has 0 unspecified atom stereocenters. The maximum Gasteiger partial charge on any atom is 0.320 e. The van der Waals surface area contributed by atoms with Gasteiger partial charge in [-0.1, -0.05) is 12.1 Å². The predicted octanol–water partition coefficient (Wildman–Crippen LogP) is -0.299. The number of fused-ring (bicyclic) bond motifs is 1. The van der Waals surface area contributed by atoms with Crippen LogP contribution in [0.3, 0.4) is 0 Å². The van der Waals surface area contributed by atoms with Gasteiger partial charge in [-0.05, 0) is 17.7 Å². The van der Waals surface area contributed by atoms with E-state index >= 15 is 0 Å². The molecule has 4 amide bonds. The fraction of sp³-hybridized carbons (Fsp3) is 0.550. The number of carbonyl (C=O) groups is 3. The van der Waals surface area contributed by atoms with E-state index in [1.165, 1.54) is 0 Å². The first-order chi connectivity index (χ1) is 14.1. The zero-order valence-corrected chi connectivity index (χ0v) is 16.5. The van der Waals surface area contributed by atoms with Crippen LogP contribution in [0.15, 0.2) is 24.3 Å². The van der Waals surface area contributed by atoms with Crippen LogP contribution in [0.2, 0.25) is 0 Å². The van der Waals surface area contributed by atoms with E-state index in [0.29, 0.717) is 45.8 Å². The number of hydrogen-bond acceptors (Lipinski definition) is 5. The summed E-state index contributed by atoms with van der Waals surface area (Å²) in [5, 5.41) is 2.85. The molecular formula is C20H26N4O5. The number of rotatable bonds is 3. The summed E-state index contributed by atoms with van der Waals surface area (Å²) in [4.78, 5) is 43.4. The number of methoxy groups -OCH3 is 1. The molecule has 1 aromatic rings. The molecule has 156 valence electrons. The third-order valence-electron chi connectivity index (χ3n) is 5.73. The Labute approximate surface area is 169 Å². The first-order valence-corrected chi connectivity index (χ1v) is 9.92. The fourth-order valence-corrected chi connectivity index (χ4v) is 4.06. The van der Waals surface area contributed by atoms with Crippen LogP contribution in [0.25, 0.3) is 0 Å². The zero-order chi connectivity index (χ0) is 20.4. The van der Waals surface area contributed by atoms with Crippen LogP contribution in [-0.4, -0.2) is 97.7 Å².